The molecule has 0 fully saturated rings. The van der Waals surface area contributed by atoms with Gasteiger partial charge in [0.25, 0.3) is 5.91 Å². The van der Waals surface area contributed by atoms with Gasteiger partial charge in [0, 0.05) is 19.2 Å². The largest absolute Gasteiger partial charge is 0.384 e. The van der Waals surface area contributed by atoms with Crippen molar-refractivity contribution in [2.75, 3.05) is 20.2 Å². The smallest absolute Gasteiger partial charge is 0.254 e. The van der Waals surface area contributed by atoms with E-state index in [0.29, 0.717) is 17.7 Å². The number of carbonyl (C=O) groups excluding carboxylic acids is 1. The molecule has 0 spiro atoms. The molecule has 3 nitrogen and oxygen atoms in total. The van der Waals surface area contributed by atoms with Crippen molar-refractivity contribution in [3.05, 3.63) is 35.1 Å². The zero-order valence-electron chi connectivity index (χ0n) is 12.3. The predicted molar refractivity (Wildman–Crippen MR) is 76.8 cm³/mol. The second-order valence-electron chi connectivity index (χ2n) is 5.87. The van der Waals surface area contributed by atoms with Crippen LogP contribution in [0.1, 0.15) is 36.7 Å². The Labute approximate surface area is 119 Å². The topological polar surface area (TPSA) is 40.5 Å². The lowest BCUT2D eigenvalue weighted by molar-refractivity contribution is 0.0745. The number of hydrogen-bond donors (Lipinski definition) is 1. The molecule has 1 aromatic carbocycles. The third-order valence-electron chi connectivity index (χ3n) is 2.57. The van der Waals surface area contributed by atoms with Crippen molar-refractivity contribution in [3.8, 4) is 11.8 Å². The highest BCUT2D eigenvalue weighted by atomic mass is 19.1. The Kier molecular flexibility index (Phi) is 5.29. The summed E-state index contributed by atoms with van der Waals surface area (Å²) >= 11 is 0. The number of benzene rings is 1. The average molecular weight is 277 g/mol. The minimum Gasteiger partial charge on any atom is -0.384 e. The summed E-state index contributed by atoms with van der Waals surface area (Å²) in [6.45, 7) is 6.35. The fraction of sp³-hybridized carbons (Fsp3) is 0.438. The van der Waals surface area contributed by atoms with Crippen LogP contribution in [0.4, 0.5) is 4.39 Å². The molecule has 0 unspecified atom stereocenters. The van der Waals surface area contributed by atoms with Gasteiger partial charge in [-0.05, 0) is 23.6 Å². The number of halogens is 1. The molecule has 1 amide bonds. The molecule has 0 saturated heterocycles. The van der Waals surface area contributed by atoms with E-state index in [9.17, 15) is 9.18 Å². The Bertz CT molecular complexity index is 550. The maximum absolute atomic E-state index is 13.3. The molecule has 1 N–H and O–H groups in total. The van der Waals surface area contributed by atoms with Crippen molar-refractivity contribution in [2.45, 2.75) is 20.8 Å². The number of aliphatic hydroxyl groups excluding tert-OH is 1. The molecule has 1 aromatic rings. The molecular weight excluding hydrogens is 257 g/mol. The molecule has 0 saturated carbocycles. The average Bonchev–Trinajstić information content (AvgIpc) is 2.33. The third kappa shape index (κ3) is 4.67. The molecule has 4 heteroatoms. The van der Waals surface area contributed by atoms with Crippen molar-refractivity contribution in [1.82, 2.24) is 4.90 Å². The second-order valence-corrected chi connectivity index (χ2v) is 5.87. The SMILES string of the molecule is CN(CC(C)(C)C)C(=O)c1ccc(F)cc1C#CCO. The number of aliphatic hydroxyl groups is 1. The van der Waals surface area contributed by atoms with E-state index in [4.69, 9.17) is 5.11 Å². The molecule has 0 aliphatic heterocycles. The number of hydrogen-bond acceptors (Lipinski definition) is 2. The van der Waals surface area contributed by atoms with E-state index < -0.39 is 5.82 Å². The molecule has 20 heavy (non-hydrogen) atoms. The standard InChI is InChI=1S/C16H20FNO2/c1-16(2,3)11-18(4)15(20)14-8-7-13(17)10-12(14)6-5-9-19/h7-8,10,19H,9,11H2,1-4H3. The Balaban J connectivity index is 3.09. The van der Waals surface area contributed by atoms with E-state index >= 15 is 0 Å². The molecule has 0 atom stereocenters. The first-order valence-corrected chi connectivity index (χ1v) is 6.39. The van der Waals surface area contributed by atoms with Crippen LogP contribution >= 0.6 is 0 Å². The van der Waals surface area contributed by atoms with Gasteiger partial charge in [0.15, 0.2) is 0 Å². The fourth-order valence-electron chi connectivity index (χ4n) is 1.93. The lowest BCUT2D eigenvalue weighted by Gasteiger charge is -2.27. The van der Waals surface area contributed by atoms with Crippen LogP contribution < -0.4 is 0 Å². The van der Waals surface area contributed by atoms with Crippen molar-refractivity contribution >= 4 is 5.91 Å². The molecule has 0 aromatic heterocycles. The van der Waals surface area contributed by atoms with E-state index in [1.54, 1.807) is 11.9 Å². The first kappa shape index (κ1) is 16.2. The second kappa shape index (κ2) is 6.53. The van der Waals surface area contributed by atoms with Gasteiger partial charge in [-0.1, -0.05) is 32.6 Å². The normalized spacial score (nSPS) is 10.7. The summed E-state index contributed by atoms with van der Waals surface area (Å²) in [6.07, 6.45) is 0. The maximum Gasteiger partial charge on any atom is 0.254 e. The van der Waals surface area contributed by atoms with Crippen molar-refractivity contribution in [2.24, 2.45) is 5.41 Å². The molecule has 1 rings (SSSR count). The van der Waals surface area contributed by atoms with Gasteiger partial charge in [0.2, 0.25) is 0 Å². The quantitative estimate of drug-likeness (QED) is 0.843. The van der Waals surface area contributed by atoms with Crippen LogP contribution in [0.3, 0.4) is 0 Å². The van der Waals surface area contributed by atoms with E-state index in [1.807, 2.05) is 20.8 Å². The van der Waals surface area contributed by atoms with Crippen LogP contribution in [0.5, 0.6) is 0 Å². The number of rotatable bonds is 2. The molecule has 0 aliphatic carbocycles. The molecule has 0 heterocycles. The van der Waals surface area contributed by atoms with Crippen molar-refractivity contribution < 1.29 is 14.3 Å². The molecule has 0 radical (unpaired) electrons. The first-order valence-electron chi connectivity index (χ1n) is 6.39. The van der Waals surface area contributed by atoms with Gasteiger partial charge in [0.1, 0.15) is 12.4 Å². The lowest BCUT2D eigenvalue weighted by atomic mass is 9.95. The summed E-state index contributed by atoms with van der Waals surface area (Å²) in [5.41, 5.74) is 0.616. The monoisotopic (exact) mass is 277 g/mol. The summed E-state index contributed by atoms with van der Waals surface area (Å²) < 4.78 is 13.3. The fourth-order valence-corrected chi connectivity index (χ4v) is 1.93. The number of carbonyl (C=O) groups is 1. The van der Waals surface area contributed by atoms with Crippen LogP contribution in [-0.4, -0.2) is 36.1 Å². The number of amides is 1. The van der Waals surface area contributed by atoms with E-state index in [2.05, 4.69) is 11.8 Å². The summed E-state index contributed by atoms with van der Waals surface area (Å²) in [5.74, 6) is 4.39. The van der Waals surface area contributed by atoms with Crippen LogP contribution in [0.25, 0.3) is 0 Å². The van der Waals surface area contributed by atoms with Crippen LogP contribution in [0.15, 0.2) is 18.2 Å². The maximum atomic E-state index is 13.3. The van der Waals surface area contributed by atoms with Crippen molar-refractivity contribution in [3.63, 3.8) is 0 Å². The number of nitrogens with zero attached hydrogens (tertiary/aromatic N) is 1. The van der Waals surface area contributed by atoms with E-state index in [1.165, 1.54) is 18.2 Å². The van der Waals surface area contributed by atoms with Crippen molar-refractivity contribution in [1.29, 1.82) is 0 Å². The highest BCUT2D eigenvalue weighted by molar-refractivity contribution is 5.96. The van der Waals surface area contributed by atoms with Crippen LogP contribution in [0.2, 0.25) is 0 Å². The summed E-state index contributed by atoms with van der Waals surface area (Å²) in [4.78, 5) is 14.0. The van der Waals surface area contributed by atoms with Gasteiger partial charge in [-0.2, -0.15) is 0 Å². The summed E-state index contributed by atoms with van der Waals surface area (Å²) in [7, 11) is 1.71. The van der Waals surface area contributed by atoms with Crippen LogP contribution in [-0.2, 0) is 0 Å². The van der Waals surface area contributed by atoms with Gasteiger partial charge in [0.05, 0.1) is 5.56 Å². The summed E-state index contributed by atoms with van der Waals surface area (Å²) in [5, 5.41) is 8.73. The minimum atomic E-state index is -0.456. The van der Waals surface area contributed by atoms with Gasteiger partial charge in [-0.25, -0.2) is 4.39 Å². The van der Waals surface area contributed by atoms with E-state index in [-0.39, 0.29) is 17.9 Å². The Morgan fingerprint density at radius 2 is 2.05 bits per heavy atom. The van der Waals surface area contributed by atoms with Gasteiger partial charge < -0.3 is 10.0 Å². The third-order valence-corrected chi connectivity index (χ3v) is 2.57. The first-order chi connectivity index (χ1) is 9.24. The zero-order chi connectivity index (χ0) is 15.3. The summed E-state index contributed by atoms with van der Waals surface area (Å²) in [6, 6.07) is 3.88. The zero-order valence-corrected chi connectivity index (χ0v) is 12.3. The van der Waals surface area contributed by atoms with Crippen LogP contribution in [0, 0.1) is 23.1 Å². The highest BCUT2D eigenvalue weighted by Crippen LogP contribution is 2.18. The Morgan fingerprint density at radius 1 is 1.40 bits per heavy atom. The molecule has 108 valence electrons. The minimum absolute atomic E-state index is 0.0264. The Hall–Kier alpha value is -1.86. The predicted octanol–water partition coefficient (Wildman–Crippen LogP) is 2.29. The highest BCUT2D eigenvalue weighted by Gasteiger charge is 2.20. The molecule has 0 bridgehead atoms. The molecular formula is C16H20FNO2. The molecule has 0 aliphatic rings. The van der Waals surface area contributed by atoms with E-state index in [0.717, 1.165) is 0 Å². The van der Waals surface area contributed by atoms with Gasteiger partial charge >= 0.3 is 0 Å². The van der Waals surface area contributed by atoms with Gasteiger partial charge in [-0.3, -0.25) is 4.79 Å². The van der Waals surface area contributed by atoms with Gasteiger partial charge in [-0.15, -0.1) is 0 Å². The Morgan fingerprint density at radius 3 is 2.60 bits per heavy atom. The lowest BCUT2D eigenvalue weighted by Crippen LogP contribution is -2.34.